The number of piperidine rings is 1. The molecule has 1 saturated heterocycles. The highest BCUT2D eigenvalue weighted by Gasteiger charge is 2.53. The summed E-state index contributed by atoms with van der Waals surface area (Å²) in [6, 6.07) is 4.50. The second-order valence-electron chi connectivity index (χ2n) is 4.59. The quantitative estimate of drug-likeness (QED) is 0.873. The summed E-state index contributed by atoms with van der Waals surface area (Å²) >= 11 is 5.76. The topological polar surface area (TPSA) is 41.1 Å². The highest BCUT2D eigenvalue weighted by molar-refractivity contribution is 6.34. The first kappa shape index (κ1) is 13.6. The molecule has 1 aliphatic carbocycles. The van der Waals surface area contributed by atoms with Crippen molar-refractivity contribution in [2.45, 2.75) is 6.04 Å². The summed E-state index contributed by atoms with van der Waals surface area (Å²) < 4.78 is 13.2. The van der Waals surface area contributed by atoms with Gasteiger partial charge in [0.15, 0.2) is 0 Å². The maximum absolute atomic E-state index is 13.2. The number of hydrogen-bond donors (Lipinski definition) is 2. The Labute approximate surface area is 115 Å². The molecule has 3 nitrogen and oxygen atoms in total. The van der Waals surface area contributed by atoms with Crippen LogP contribution in [0.5, 0.6) is 0 Å². The van der Waals surface area contributed by atoms with Crippen LogP contribution in [0, 0.1) is 17.7 Å². The lowest BCUT2D eigenvalue weighted by atomic mass is 10.2. The Morgan fingerprint density at radius 2 is 2.06 bits per heavy atom. The molecule has 18 heavy (non-hydrogen) atoms. The van der Waals surface area contributed by atoms with Crippen molar-refractivity contribution in [1.82, 2.24) is 10.6 Å². The van der Waals surface area contributed by atoms with Crippen LogP contribution in [0.4, 0.5) is 4.39 Å². The molecule has 1 aliphatic heterocycles. The first-order valence-electron chi connectivity index (χ1n) is 5.64. The number of carbonyl (C=O) groups excluding carboxylic acids is 1. The molecule has 0 spiro atoms. The lowest BCUT2D eigenvalue weighted by molar-refractivity contribution is 0.0946. The number of benzene rings is 1. The van der Waals surface area contributed by atoms with E-state index in [9.17, 15) is 9.18 Å². The van der Waals surface area contributed by atoms with Crippen LogP contribution < -0.4 is 10.6 Å². The Balaban J connectivity index is 0.00000120. The van der Waals surface area contributed by atoms with Gasteiger partial charge < -0.3 is 10.6 Å². The molecule has 1 saturated carbocycles. The average molecular weight is 291 g/mol. The van der Waals surface area contributed by atoms with Crippen molar-refractivity contribution in [3.8, 4) is 0 Å². The summed E-state index contributed by atoms with van der Waals surface area (Å²) in [5, 5.41) is 6.06. The molecule has 2 N–H and O–H groups in total. The second kappa shape index (κ2) is 5.03. The molecular weight excluding hydrogens is 278 g/mol. The SMILES string of the molecule is Cl.O=C(NC1C2CNCC21)c1cccc(F)c1Cl. The van der Waals surface area contributed by atoms with E-state index in [0.717, 1.165) is 13.1 Å². The zero-order chi connectivity index (χ0) is 12.0. The summed E-state index contributed by atoms with van der Waals surface area (Å²) in [5.41, 5.74) is 0.213. The molecular formula is C12H13Cl2FN2O. The predicted octanol–water partition coefficient (Wildman–Crippen LogP) is 1.85. The third kappa shape index (κ3) is 2.20. The van der Waals surface area contributed by atoms with Crippen molar-refractivity contribution >= 4 is 29.9 Å². The van der Waals surface area contributed by atoms with Gasteiger partial charge in [-0.2, -0.15) is 0 Å². The van der Waals surface area contributed by atoms with E-state index in [2.05, 4.69) is 10.6 Å². The number of rotatable bonds is 2. The molecule has 98 valence electrons. The number of amides is 1. The standard InChI is InChI=1S/C12H12ClFN2O.ClH/c13-10-6(2-1-3-9(10)14)12(17)16-11-7-4-15-5-8(7)11;/h1-3,7-8,11,15H,4-5H2,(H,16,17);1H. The van der Waals surface area contributed by atoms with Gasteiger partial charge in [-0.25, -0.2) is 4.39 Å². The van der Waals surface area contributed by atoms with Crippen LogP contribution in [-0.2, 0) is 0 Å². The minimum absolute atomic E-state index is 0. The normalized spacial score (nSPS) is 28.2. The van der Waals surface area contributed by atoms with Crippen molar-refractivity contribution in [3.05, 3.63) is 34.6 Å². The molecule has 3 rings (SSSR count). The molecule has 1 heterocycles. The fraction of sp³-hybridized carbons (Fsp3) is 0.417. The largest absolute Gasteiger partial charge is 0.349 e. The van der Waals surface area contributed by atoms with Crippen LogP contribution in [0.15, 0.2) is 18.2 Å². The van der Waals surface area contributed by atoms with E-state index >= 15 is 0 Å². The second-order valence-corrected chi connectivity index (χ2v) is 4.96. The van der Waals surface area contributed by atoms with Crippen molar-refractivity contribution in [2.75, 3.05) is 13.1 Å². The Kier molecular flexibility index (Phi) is 3.80. The first-order valence-corrected chi connectivity index (χ1v) is 6.02. The van der Waals surface area contributed by atoms with Gasteiger partial charge in [0.1, 0.15) is 5.82 Å². The minimum Gasteiger partial charge on any atom is -0.349 e. The Hall–Kier alpha value is -0.840. The minimum atomic E-state index is -0.558. The zero-order valence-electron chi connectivity index (χ0n) is 9.45. The van der Waals surface area contributed by atoms with Crippen LogP contribution in [0.25, 0.3) is 0 Å². The van der Waals surface area contributed by atoms with Crippen molar-refractivity contribution in [1.29, 1.82) is 0 Å². The number of halogens is 3. The summed E-state index contributed by atoms with van der Waals surface area (Å²) in [5.74, 6) is 0.225. The third-order valence-electron chi connectivity index (χ3n) is 3.59. The fourth-order valence-corrected chi connectivity index (χ4v) is 2.75. The number of carbonyl (C=O) groups is 1. The van der Waals surface area contributed by atoms with Gasteiger partial charge in [-0.1, -0.05) is 17.7 Å². The molecule has 2 aliphatic rings. The van der Waals surface area contributed by atoms with Crippen LogP contribution >= 0.6 is 24.0 Å². The maximum atomic E-state index is 13.2. The molecule has 0 radical (unpaired) electrons. The first-order chi connectivity index (χ1) is 8.18. The van der Waals surface area contributed by atoms with Crippen molar-refractivity contribution in [2.24, 2.45) is 11.8 Å². The van der Waals surface area contributed by atoms with Crippen LogP contribution in [0.1, 0.15) is 10.4 Å². The number of fused-ring (bicyclic) bond motifs is 1. The number of nitrogens with one attached hydrogen (secondary N) is 2. The van der Waals surface area contributed by atoms with Crippen molar-refractivity contribution in [3.63, 3.8) is 0 Å². The summed E-state index contributed by atoms with van der Waals surface area (Å²) in [7, 11) is 0. The van der Waals surface area contributed by atoms with E-state index in [1.807, 2.05) is 0 Å². The van der Waals surface area contributed by atoms with E-state index < -0.39 is 5.82 Å². The molecule has 6 heteroatoms. The van der Waals surface area contributed by atoms with Gasteiger partial charge in [-0.05, 0) is 24.0 Å². The number of hydrogen-bond acceptors (Lipinski definition) is 2. The van der Waals surface area contributed by atoms with Gasteiger partial charge in [0.05, 0.1) is 10.6 Å². The fourth-order valence-electron chi connectivity index (χ4n) is 2.54. The Morgan fingerprint density at radius 3 is 2.72 bits per heavy atom. The maximum Gasteiger partial charge on any atom is 0.253 e. The van der Waals surface area contributed by atoms with Gasteiger partial charge in [0, 0.05) is 19.1 Å². The Bertz CT molecular complexity index is 473. The summed E-state index contributed by atoms with van der Waals surface area (Å²) in [6.45, 7) is 1.90. The summed E-state index contributed by atoms with van der Waals surface area (Å²) in [4.78, 5) is 11.9. The monoisotopic (exact) mass is 290 g/mol. The van der Waals surface area contributed by atoms with E-state index in [1.165, 1.54) is 18.2 Å². The molecule has 1 aromatic rings. The molecule has 2 atom stereocenters. The highest BCUT2D eigenvalue weighted by atomic mass is 35.5. The van der Waals surface area contributed by atoms with E-state index in [1.54, 1.807) is 0 Å². The predicted molar refractivity (Wildman–Crippen MR) is 69.8 cm³/mol. The van der Waals surface area contributed by atoms with E-state index in [-0.39, 0.29) is 34.9 Å². The van der Waals surface area contributed by atoms with Gasteiger partial charge in [0.2, 0.25) is 0 Å². The molecule has 2 fully saturated rings. The lowest BCUT2D eigenvalue weighted by Crippen LogP contribution is -2.32. The molecule has 1 amide bonds. The van der Waals surface area contributed by atoms with Crippen LogP contribution in [0.2, 0.25) is 5.02 Å². The third-order valence-corrected chi connectivity index (χ3v) is 3.97. The van der Waals surface area contributed by atoms with E-state index in [0.29, 0.717) is 11.8 Å². The van der Waals surface area contributed by atoms with Gasteiger partial charge in [-0.3, -0.25) is 4.79 Å². The lowest BCUT2D eigenvalue weighted by Gasteiger charge is -2.09. The van der Waals surface area contributed by atoms with Crippen molar-refractivity contribution < 1.29 is 9.18 Å². The Morgan fingerprint density at radius 1 is 1.39 bits per heavy atom. The van der Waals surface area contributed by atoms with Gasteiger partial charge >= 0.3 is 0 Å². The smallest absolute Gasteiger partial charge is 0.253 e. The average Bonchev–Trinajstić information content (AvgIpc) is 2.76. The molecule has 1 aromatic carbocycles. The van der Waals surface area contributed by atoms with Gasteiger partial charge in [0.25, 0.3) is 5.91 Å². The highest BCUT2D eigenvalue weighted by Crippen LogP contribution is 2.41. The molecule has 2 unspecified atom stereocenters. The van der Waals surface area contributed by atoms with Crippen LogP contribution in [0.3, 0.4) is 0 Å². The van der Waals surface area contributed by atoms with Gasteiger partial charge in [-0.15, -0.1) is 12.4 Å². The van der Waals surface area contributed by atoms with E-state index in [4.69, 9.17) is 11.6 Å². The molecule has 0 bridgehead atoms. The molecule has 0 aromatic heterocycles. The van der Waals surface area contributed by atoms with Crippen LogP contribution in [-0.4, -0.2) is 25.0 Å². The zero-order valence-corrected chi connectivity index (χ0v) is 11.0. The summed E-state index contributed by atoms with van der Waals surface area (Å²) in [6.07, 6.45) is 0.